The predicted octanol–water partition coefficient (Wildman–Crippen LogP) is 2.20. The van der Waals surface area contributed by atoms with Crippen LogP contribution >= 0.6 is 0 Å². The van der Waals surface area contributed by atoms with Crippen molar-refractivity contribution in [3.8, 4) is 11.5 Å². The van der Waals surface area contributed by atoms with Crippen LogP contribution in [0.1, 0.15) is 18.6 Å². The largest absolute Gasteiger partial charge is 0.490 e. The summed E-state index contributed by atoms with van der Waals surface area (Å²) in [6.07, 6.45) is -1.29. The van der Waals surface area contributed by atoms with Gasteiger partial charge >= 0.3 is 12.0 Å². The van der Waals surface area contributed by atoms with Gasteiger partial charge in [0.25, 0.3) is 5.91 Å². The summed E-state index contributed by atoms with van der Waals surface area (Å²) >= 11 is 0. The first-order chi connectivity index (χ1) is 13.5. The third kappa shape index (κ3) is 6.01. The molecule has 2 N–H and O–H groups in total. The minimum atomic E-state index is -1.29. The van der Waals surface area contributed by atoms with Crippen LogP contribution in [-0.2, 0) is 14.3 Å². The van der Waals surface area contributed by atoms with Gasteiger partial charge in [0.05, 0.1) is 6.61 Å². The van der Waals surface area contributed by atoms with Crippen molar-refractivity contribution in [2.45, 2.75) is 13.0 Å². The van der Waals surface area contributed by atoms with Crippen molar-refractivity contribution in [2.75, 3.05) is 20.3 Å². The van der Waals surface area contributed by atoms with Crippen molar-refractivity contribution in [1.82, 2.24) is 10.6 Å². The zero-order chi connectivity index (χ0) is 20.4. The second kappa shape index (κ2) is 10.6. The Balaban J connectivity index is 2.06. The van der Waals surface area contributed by atoms with E-state index in [-0.39, 0.29) is 0 Å². The van der Waals surface area contributed by atoms with Gasteiger partial charge < -0.3 is 19.5 Å². The predicted molar refractivity (Wildman–Crippen MR) is 101 cm³/mol. The van der Waals surface area contributed by atoms with Gasteiger partial charge in [-0.15, -0.1) is 0 Å². The number of rotatable bonds is 8. The van der Waals surface area contributed by atoms with E-state index < -0.39 is 30.6 Å². The lowest BCUT2D eigenvalue weighted by Crippen LogP contribution is -2.41. The highest BCUT2D eigenvalue weighted by Gasteiger charge is 2.26. The molecular formula is C20H22N2O6. The molecule has 0 bridgehead atoms. The van der Waals surface area contributed by atoms with Crippen LogP contribution in [0.25, 0.3) is 0 Å². The lowest BCUT2D eigenvalue weighted by Gasteiger charge is -2.18. The molecule has 0 aromatic heterocycles. The van der Waals surface area contributed by atoms with Crippen molar-refractivity contribution in [2.24, 2.45) is 0 Å². The SMILES string of the molecule is CCOc1ccccc1OCC(=O)O[C@@H](C(=O)NC(=O)NC)c1ccccc1. The summed E-state index contributed by atoms with van der Waals surface area (Å²) in [6.45, 7) is 1.85. The molecule has 8 heteroatoms. The quantitative estimate of drug-likeness (QED) is 0.675. The summed E-state index contributed by atoms with van der Waals surface area (Å²) < 4.78 is 16.2. The average molecular weight is 386 g/mol. The molecule has 2 rings (SSSR count). The maximum Gasteiger partial charge on any atom is 0.345 e. The molecule has 2 aromatic rings. The summed E-state index contributed by atoms with van der Waals surface area (Å²) in [5.74, 6) is -0.664. The van der Waals surface area contributed by atoms with Crippen LogP contribution in [0.3, 0.4) is 0 Å². The van der Waals surface area contributed by atoms with Crippen LogP contribution in [0.2, 0.25) is 0 Å². The fourth-order valence-electron chi connectivity index (χ4n) is 2.29. The lowest BCUT2D eigenvalue weighted by molar-refractivity contribution is -0.158. The Labute approximate surface area is 162 Å². The van der Waals surface area contributed by atoms with Gasteiger partial charge in [-0.3, -0.25) is 10.1 Å². The Morgan fingerprint density at radius 1 is 0.929 bits per heavy atom. The van der Waals surface area contributed by atoms with E-state index in [9.17, 15) is 14.4 Å². The van der Waals surface area contributed by atoms with Crippen molar-refractivity contribution >= 4 is 17.9 Å². The zero-order valence-electron chi connectivity index (χ0n) is 15.6. The molecule has 148 valence electrons. The molecule has 0 unspecified atom stereocenters. The second-order valence-corrected chi connectivity index (χ2v) is 5.52. The monoisotopic (exact) mass is 386 g/mol. The van der Waals surface area contributed by atoms with Crippen LogP contribution < -0.4 is 20.1 Å². The molecule has 0 fully saturated rings. The molecule has 0 aliphatic heterocycles. The number of amides is 3. The molecule has 1 atom stereocenters. The molecule has 8 nitrogen and oxygen atoms in total. The number of hydrogen-bond acceptors (Lipinski definition) is 6. The zero-order valence-corrected chi connectivity index (χ0v) is 15.6. The highest BCUT2D eigenvalue weighted by molar-refractivity contribution is 5.97. The first-order valence-electron chi connectivity index (χ1n) is 8.66. The van der Waals surface area contributed by atoms with Crippen molar-refractivity contribution in [1.29, 1.82) is 0 Å². The highest BCUT2D eigenvalue weighted by atomic mass is 16.6. The van der Waals surface area contributed by atoms with E-state index in [0.717, 1.165) is 0 Å². The Morgan fingerprint density at radius 2 is 1.54 bits per heavy atom. The number of imide groups is 1. The lowest BCUT2D eigenvalue weighted by atomic mass is 10.1. The van der Waals surface area contributed by atoms with E-state index in [2.05, 4.69) is 10.6 Å². The molecule has 0 aliphatic carbocycles. The Bertz CT molecular complexity index is 809. The second-order valence-electron chi connectivity index (χ2n) is 5.52. The molecule has 2 aromatic carbocycles. The van der Waals surface area contributed by atoms with E-state index >= 15 is 0 Å². The van der Waals surface area contributed by atoms with E-state index in [1.165, 1.54) is 7.05 Å². The molecule has 0 aliphatic rings. The fourth-order valence-corrected chi connectivity index (χ4v) is 2.29. The molecule has 0 spiro atoms. The third-order valence-corrected chi connectivity index (χ3v) is 3.55. The number of ether oxygens (including phenoxy) is 3. The number of esters is 1. The molecule has 3 amide bonds. The normalized spacial score (nSPS) is 11.1. The number of nitrogens with one attached hydrogen (secondary N) is 2. The van der Waals surface area contributed by atoms with Gasteiger partial charge in [0.2, 0.25) is 6.10 Å². The summed E-state index contributed by atoms with van der Waals surface area (Å²) in [5.41, 5.74) is 0.423. The summed E-state index contributed by atoms with van der Waals surface area (Å²) in [7, 11) is 1.37. The summed E-state index contributed by atoms with van der Waals surface area (Å²) in [5, 5.41) is 4.38. The van der Waals surface area contributed by atoms with Gasteiger partial charge in [-0.05, 0) is 19.1 Å². The summed E-state index contributed by atoms with van der Waals surface area (Å²) in [4.78, 5) is 36.0. The number of urea groups is 1. The fraction of sp³-hybridized carbons (Fsp3) is 0.250. The maximum absolute atomic E-state index is 12.4. The van der Waals surface area contributed by atoms with Gasteiger partial charge in [-0.1, -0.05) is 42.5 Å². The van der Waals surface area contributed by atoms with E-state index in [0.29, 0.717) is 23.7 Å². The minimum Gasteiger partial charge on any atom is -0.490 e. The van der Waals surface area contributed by atoms with Crippen LogP contribution in [-0.4, -0.2) is 38.2 Å². The van der Waals surface area contributed by atoms with Gasteiger partial charge in [-0.2, -0.15) is 0 Å². The Kier molecular flexibility index (Phi) is 7.83. The van der Waals surface area contributed by atoms with Gasteiger partial charge in [0.1, 0.15) is 0 Å². The smallest absolute Gasteiger partial charge is 0.345 e. The molecule has 0 heterocycles. The molecule has 28 heavy (non-hydrogen) atoms. The van der Waals surface area contributed by atoms with Crippen LogP contribution in [0.15, 0.2) is 54.6 Å². The van der Waals surface area contributed by atoms with Gasteiger partial charge in [0.15, 0.2) is 18.1 Å². The molecular weight excluding hydrogens is 364 g/mol. The van der Waals surface area contributed by atoms with E-state index in [1.807, 2.05) is 6.92 Å². The van der Waals surface area contributed by atoms with Crippen molar-refractivity contribution < 1.29 is 28.6 Å². The minimum absolute atomic E-state index is 0.382. The van der Waals surface area contributed by atoms with Crippen molar-refractivity contribution in [3.05, 3.63) is 60.2 Å². The average Bonchev–Trinajstić information content (AvgIpc) is 2.72. The number of benzene rings is 2. The molecule has 0 radical (unpaired) electrons. The number of carbonyl (C=O) groups excluding carboxylic acids is 3. The molecule has 0 saturated heterocycles. The Morgan fingerprint density at radius 3 is 2.14 bits per heavy atom. The van der Waals surface area contributed by atoms with Gasteiger partial charge in [-0.25, -0.2) is 9.59 Å². The first kappa shape index (κ1) is 20.8. The van der Waals surface area contributed by atoms with Crippen molar-refractivity contribution in [3.63, 3.8) is 0 Å². The van der Waals surface area contributed by atoms with Crippen LogP contribution in [0.4, 0.5) is 4.79 Å². The number of carbonyl (C=O) groups is 3. The number of para-hydroxylation sites is 2. The summed E-state index contributed by atoms with van der Waals surface area (Å²) in [6, 6.07) is 14.6. The van der Waals surface area contributed by atoms with E-state index in [4.69, 9.17) is 14.2 Å². The van der Waals surface area contributed by atoms with Crippen LogP contribution in [0, 0.1) is 0 Å². The van der Waals surface area contributed by atoms with Gasteiger partial charge in [0, 0.05) is 12.6 Å². The maximum atomic E-state index is 12.4. The van der Waals surface area contributed by atoms with E-state index in [1.54, 1.807) is 54.6 Å². The first-order valence-corrected chi connectivity index (χ1v) is 8.66. The van der Waals surface area contributed by atoms with Crippen LogP contribution in [0.5, 0.6) is 11.5 Å². The molecule has 0 saturated carbocycles. The standard InChI is InChI=1S/C20H22N2O6/c1-3-26-15-11-7-8-12-16(15)27-13-17(23)28-18(14-9-5-4-6-10-14)19(24)22-20(25)21-2/h4-12,18H,3,13H2,1-2H3,(H2,21,22,24,25)/t18-/m1/s1. The topological polar surface area (TPSA) is 103 Å². The Hall–Kier alpha value is -3.55. The highest BCUT2D eigenvalue weighted by Crippen LogP contribution is 2.26. The third-order valence-electron chi connectivity index (χ3n) is 3.55. The number of hydrogen-bond donors (Lipinski definition) is 2.